The lowest BCUT2D eigenvalue weighted by atomic mass is 10.0. The molecule has 8 nitrogen and oxygen atoms in total. The molecule has 0 spiro atoms. The quantitative estimate of drug-likeness (QED) is 0.104. The van der Waals surface area contributed by atoms with Gasteiger partial charge in [0.15, 0.2) is 12.4 Å². The fraction of sp³-hybridized carbons (Fsp3) is 0.00758. The Kier molecular flexibility index (Phi) is 21.5. The van der Waals surface area contributed by atoms with Crippen molar-refractivity contribution < 1.29 is 4.57 Å². The van der Waals surface area contributed by atoms with Crippen LogP contribution in [0.2, 0.25) is 0 Å². The Hall–Kier alpha value is -17.7. The molecule has 5 aromatic heterocycles. The van der Waals surface area contributed by atoms with Crippen LogP contribution in [0.15, 0.2) is 537 Å². The number of rotatable bonds is 15. The zero-order chi connectivity index (χ0) is 94.2. The van der Waals surface area contributed by atoms with Gasteiger partial charge in [0.2, 0.25) is 6.04 Å². The van der Waals surface area contributed by atoms with E-state index in [0.29, 0.717) is 0 Å². The van der Waals surface area contributed by atoms with Gasteiger partial charge in [-0.15, -0.1) is 0 Å². The molecule has 27 aromatic rings. The van der Waals surface area contributed by atoms with Crippen molar-refractivity contribution in [3.8, 4) is 56.1 Å². The molecule has 0 saturated carbocycles. The average Bonchev–Trinajstić information content (AvgIpc) is 1.59. The maximum Gasteiger partial charge on any atom is 0.210 e. The third-order valence-electron chi connectivity index (χ3n) is 28.3. The molecule has 22 aromatic carbocycles. The van der Waals surface area contributed by atoms with Crippen molar-refractivity contribution in [2.45, 2.75) is 6.04 Å². The molecule has 0 saturated heterocycles. The first-order valence-corrected chi connectivity index (χ1v) is 49.8. The van der Waals surface area contributed by atoms with Crippen LogP contribution < -0.4 is 19.7 Å². The van der Waals surface area contributed by atoms with E-state index in [4.69, 9.17) is 0 Å². The summed E-state index contributed by atoms with van der Waals surface area (Å²) in [6.45, 7) is 0. The first-order chi connectivity index (χ1) is 70.3. The van der Waals surface area contributed by atoms with Gasteiger partial charge in [0.25, 0.3) is 0 Å². The molecule has 1 aliphatic rings. The van der Waals surface area contributed by atoms with Crippen LogP contribution in [-0.2, 0) is 0 Å². The fourth-order valence-electron chi connectivity index (χ4n) is 21.9. The number of aromatic nitrogens is 5. The SMILES string of the molecule is Brc1ccc2c(c1)c1cc(Br)ccc1n2-c1ccc(-c2ccccc2)cc1.c1cc[n+](C2c3ccccc3-c3cc(Nc4cccc5ccccc45)ccc32)cc1.c1ccc(-c2ccc(-n3c4ccc(N(c5ccc6c(c5)c5ccccc5n6-c5ccccc5)c5cccc6ccccc56)cc4c4cc(N(c5ccc6c(c5)c5ccccc5n6-c5ccccc5)c5cccc6ccccc56)ccc43)cc2)cc1. The molecular formula is C132H89Br2N8+. The summed E-state index contributed by atoms with van der Waals surface area (Å²) in [5.41, 5.74) is 32.7. The zero-order valence-corrected chi connectivity index (χ0v) is 80.4. The molecule has 0 fully saturated rings. The Labute approximate surface area is 838 Å². The highest BCUT2D eigenvalue weighted by Crippen LogP contribution is 2.51. The molecule has 28 rings (SSSR count). The van der Waals surface area contributed by atoms with Crippen LogP contribution in [0.1, 0.15) is 17.2 Å². The fourth-order valence-corrected chi connectivity index (χ4v) is 22.6. The maximum absolute atomic E-state index is 3.66. The number of fused-ring (bicyclic) bond motifs is 18. The second kappa shape index (κ2) is 36.0. The second-order valence-corrected chi connectivity index (χ2v) is 38.3. The summed E-state index contributed by atoms with van der Waals surface area (Å²) < 4.78 is 14.0. The van der Waals surface area contributed by atoms with E-state index in [1.807, 2.05) is 6.07 Å². The predicted molar refractivity (Wildman–Crippen MR) is 604 cm³/mol. The highest BCUT2D eigenvalue weighted by atomic mass is 79.9. The Balaban J connectivity index is 0.000000146. The number of pyridine rings is 1. The van der Waals surface area contributed by atoms with E-state index in [1.165, 1.54) is 137 Å². The number of nitrogens with zero attached hydrogens (tertiary/aromatic N) is 7. The van der Waals surface area contributed by atoms with Gasteiger partial charge in [-0.1, -0.05) is 329 Å². The van der Waals surface area contributed by atoms with E-state index < -0.39 is 0 Å². The molecule has 0 bridgehead atoms. The van der Waals surface area contributed by atoms with Crippen LogP contribution in [0, 0.1) is 0 Å². The average molecular weight is 1950 g/mol. The maximum atomic E-state index is 3.66. The van der Waals surface area contributed by atoms with Gasteiger partial charge in [-0.2, -0.15) is 4.57 Å². The summed E-state index contributed by atoms with van der Waals surface area (Å²) in [6.07, 6.45) is 4.30. The van der Waals surface area contributed by atoms with Gasteiger partial charge in [-0.25, -0.2) is 0 Å². The Morgan fingerprint density at radius 1 is 0.211 bits per heavy atom. The first kappa shape index (κ1) is 84.8. The van der Waals surface area contributed by atoms with E-state index in [0.717, 1.165) is 104 Å². The minimum atomic E-state index is 0.212. The van der Waals surface area contributed by atoms with E-state index in [-0.39, 0.29) is 6.04 Å². The van der Waals surface area contributed by atoms with Gasteiger partial charge in [0.1, 0.15) is 0 Å². The number of anilines is 8. The Bertz CT molecular complexity index is 9180. The highest BCUT2D eigenvalue weighted by Gasteiger charge is 2.36. The molecular weight excluding hydrogens is 1860 g/mol. The van der Waals surface area contributed by atoms with Gasteiger partial charge in [-0.3, -0.25) is 0 Å². The highest BCUT2D eigenvalue weighted by molar-refractivity contribution is 9.10. The van der Waals surface area contributed by atoms with Crippen LogP contribution in [0.3, 0.4) is 0 Å². The molecule has 670 valence electrons. The molecule has 1 N–H and O–H groups in total. The lowest BCUT2D eigenvalue weighted by Gasteiger charge is -2.27. The third kappa shape index (κ3) is 15.1. The minimum absolute atomic E-state index is 0.212. The normalized spacial score (nSPS) is 12.2. The van der Waals surface area contributed by atoms with Gasteiger partial charge in [0.05, 0.1) is 55.5 Å². The van der Waals surface area contributed by atoms with Gasteiger partial charge >= 0.3 is 0 Å². The molecule has 1 aliphatic carbocycles. The van der Waals surface area contributed by atoms with Crippen molar-refractivity contribution >= 4 is 197 Å². The molecule has 0 aliphatic heterocycles. The lowest BCUT2D eigenvalue weighted by Crippen LogP contribution is -2.38. The van der Waals surface area contributed by atoms with Gasteiger partial charge < -0.3 is 33.4 Å². The Morgan fingerprint density at radius 3 is 0.979 bits per heavy atom. The molecule has 10 heteroatoms. The lowest BCUT2D eigenvalue weighted by molar-refractivity contribution is -0.704. The van der Waals surface area contributed by atoms with E-state index in [9.17, 15) is 0 Å². The van der Waals surface area contributed by atoms with Crippen LogP contribution in [0.5, 0.6) is 0 Å². The van der Waals surface area contributed by atoms with Crippen molar-refractivity contribution in [1.29, 1.82) is 0 Å². The number of halogens is 2. The number of hydrogen-bond donors (Lipinski definition) is 1. The van der Waals surface area contributed by atoms with Crippen molar-refractivity contribution in [2.24, 2.45) is 0 Å². The number of benzene rings is 22. The van der Waals surface area contributed by atoms with Gasteiger partial charge in [0, 0.05) is 148 Å². The monoisotopic (exact) mass is 1940 g/mol. The van der Waals surface area contributed by atoms with Crippen molar-refractivity contribution in [3.05, 3.63) is 548 Å². The number of nitrogens with one attached hydrogen (secondary N) is 1. The van der Waals surface area contributed by atoms with Crippen molar-refractivity contribution in [2.75, 3.05) is 15.1 Å². The summed E-state index contributed by atoms with van der Waals surface area (Å²) in [4.78, 5) is 4.95. The predicted octanol–water partition coefficient (Wildman–Crippen LogP) is 36.4. The standard InChI is InChI=1S/C80H53N5.C28H21N2.C24H15Br2N/c1-4-20-54(21-5-1)55-38-40-60(41-39-55)85-79-48-44-63(81(73-36-18-24-56-22-10-12-30-65(56)73)61-42-46-77-69(50-61)67-32-14-16-34-75(67)83(77)58-26-6-2-7-27-58)52-71(79)72-53-64(45-49-80(72)85)82(74-37-19-25-57-23-11-13-31-66(57)74)62-43-47-78-70(51-62)68-33-15-17-35-76(68)84(78)59-28-8-3-9-29-59;1-6-17-30(18-7-1)28-24-13-5-4-12-23(24)26-19-21(15-16-25(26)28)29-27-14-8-10-20-9-2-3-11-22(20)27;25-18-8-12-23-21(14-18)22-15-19(26)9-13-24(22)27(23)20-10-6-17(7-11-20)16-4-2-1-3-5-16/h1-53H;1-19,28-29H;1-15H/q;+1;. The van der Waals surface area contributed by atoms with Crippen molar-refractivity contribution in [1.82, 2.24) is 18.3 Å². The summed E-state index contributed by atoms with van der Waals surface area (Å²) in [5.74, 6) is 0. The zero-order valence-electron chi connectivity index (χ0n) is 77.2. The summed E-state index contributed by atoms with van der Waals surface area (Å²) in [7, 11) is 0. The van der Waals surface area contributed by atoms with Crippen LogP contribution in [0.4, 0.5) is 45.5 Å². The molecule has 142 heavy (non-hydrogen) atoms. The molecule has 1 atom stereocenters. The number of hydrogen-bond acceptors (Lipinski definition) is 3. The van der Waals surface area contributed by atoms with E-state index in [2.05, 4.69) is 592 Å². The van der Waals surface area contributed by atoms with Crippen LogP contribution in [0.25, 0.3) is 176 Å². The van der Waals surface area contributed by atoms with Crippen molar-refractivity contribution in [3.63, 3.8) is 0 Å². The smallest absolute Gasteiger partial charge is 0.210 e. The number of para-hydroxylation sites is 4. The molecule has 5 heterocycles. The van der Waals surface area contributed by atoms with Gasteiger partial charge in [-0.05, 0) is 256 Å². The molecule has 1 unspecified atom stereocenters. The molecule has 0 amide bonds. The molecule has 0 radical (unpaired) electrons. The minimum Gasteiger partial charge on any atom is -0.355 e. The van der Waals surface area contributed by atoms with E-state index in [1.54, 1.807) is 0 Å². The van der Waals surface area contributed by atoms with E-state index >= 15 is 0 Å². The third-order valence-corrected chi connectivity index (χ3v) is 29.3. The van der Waals surface area contributed by atoms with Crippen LogP contribution >= 0.6 is 31.9 Å². The largest absolute Gasteiger partial charge is 0.355 e. The second-order valence-electron chi connectivity index (χ2n) is 36.4. The summed E-state index contributed by atoms with van der Waals surface area (Å²) in [5, 5.41) is 20.4. The Morgan fingerprint density at radius 2 is 0.528 bits per heavy atom. The topological polar surface area (TPSA) is 42.1 Å². The summed E-state index contributed by atoms with van der Waals surface area (Å²) in [6, 6.07) is 187. The first-order valence-electron chi connectivity index (χ1n) is 48.2. The summed E-state index contributed by atoms with van der Waals surface area (Å²) >= 11 is 7.23. The van der Waals surface area contributed by atoms with Crippen LogP contribution in [-0.4, -0.2) is 18.3 Å².